The maximum Gasteiger partial charge on any atom is 0.260 e. The zero-order valence-electron chi connectivity index (χ0n) is 8.79. The molecule has 0 atom stereocenters. The van der Waals surface area contributed by atoms with E-state index in [1.807, 2.05) is 12.1 Å². The number of carbonyl (C=O) groups is 1. The number of anilines is 1. The second kappa shape index (κ2) is 4.09. The van der Waals surface area contributed by atoms with Crippen LogP contribution in [0.25, 0.3) is 0 Å². The van der Waals surface area contributed by atoms with Gasteiger partial charge in [-0.15, -0.1) is 5.10 Å². The van der Waals surface area contributed by atoms with Gasteiger partial charge in [0.15, 0.2) is 5.78 Å². The van der Waals surface area contributed by atoms with E-state index in [2.05, 4.69) is 15.4 Å². The molecule has 0 fully saturated rings. The number of aromatic nitrogens is 4. The van der Waals surface area contributed by atoms with Crippen molar-refractivity contribution < 1.29 is 4.79 Å². The van der Waals surface area contributed by atoms with E-state index >= 15 is 0 Å². The molecule has 0 saturated carbocycles. The van der Waals surface area contributed by atoms with Gasteiger partial charge in [0, 0.05) is 5.56 Å². The highest BCUT2D eigenvalue weighted by atomic mass is 16.1. The molecule has 0 saturated heterocycles. The van der Waals surface area contributed by atoms with Crippen molar-refractivity contribution in [1.29, 1.82) is 0 Å². The summed E-state index contributed by atoms with van der Waals surface area (Å²) in [5, 5.41) is 11.2. The molecule has 16 heavy (non-hydrogen) atoms. The van der Waals surface area contributed by atoms with E-state index in [-0.39, 0.29) is 11.7 Å². The van der Waals surface area contributed by atoms with E-state index in [1.165, 1.54) is 11.7 Å². The molecule has 0 unspecified atom stereocenters. The molecule has 0 radical (unpaired) electrons. The Bertz CT molecular complexity index is 502. The average molecular weight is 217 g/mol. The Hall–Kier alpha value is -2.24. The van der Waals surface area contributed by atoms with Gasteiger partial charge < -0.3 is 5.73 Å². The number of nitrogens with two attached hydrogens (primary N) is 1. The standard InChI is InChI=1S/C10H11N5O/c1-7(16)9-4-2-8(3-5-9)6-15-13-10(11)12-14-15/h2-5H,6H2,1H3,(H2,11,13). The minimum atomic E-state index is 0.0506. The molecule has 0 aliphatic heterocycles. The van der Waals surface area contributed by atoms with Gasteiger partial charge >= 0.3 is 0 Å². The molecule has 1 aromatic carbocycles. The van der Waals surface area contributed by atoms with Crippen molar-refractivity contribution in [1.82, 2.24) is 20.2 Å². The first-order valence-corrected chi connectivity index (χ1v) is 4.78. The van der Waals surface area contributed by atoms with Crippen LogP contribution in [0.2, 0.25) is 0 Å². The van der Waals surface area contributed by atoms with Crippen LogP contribution in [0.15, 0.2) is 24.3 Å². The van der Waals surface area contributed by atoms with Gasteiger partial charge in [-0.05, 0) is 17.7 Å². The zero-order chi connectivity index (χ0) is 11.5. The number of Topliss-reactive ketones (excluding diaryl/α,β-unsaturated/α-hetero) is 1. The lowest BCUT2D eigenvalue weighted by Crippen LogP contribution is -2.04. The number of nitrogen functional groups attached to an aromatic ring is 1. The third kappa shape index (κ3) is 2.22. The van der Waals surface area contributed by atoms with E-state index in [0.717, 1.165) is 5.56 Å². The number of hydrogen-bond acceptors (Lipinski definition) is 5. The van der Waals surface area contributed by atoms with E-state index in [1.54, 1.807) is 12.1 Å². The quantitative estimate of drug-likeness (QED) is 0.757. The predicted octanol–water partition coefficient (Wildman–Crippen LogP) is 0.506. The van der Waals surface area contributed by atoms with Gasteiger partial charge in [0.2, 0.25) is 0 Å². The van der Waals surface area contributed by atoms with Gasteiger partial charge in [-0.3, -0.25) is 4.79 Å². The van der Waals surface area contributed by atoms with Crippen molar-refractivity contribution in [3.63, 3.8) is 0 Å². The Morgan fingerprint density at radius 1 is 1.38 bits per heavy atom. The lowest BCUT2D eigenvalue weighted by molar-refractivity contribution is 0.101. The van der Waals surface area contributed by atoms with Crippen molar-refractivity contribution in [2.24, 2.45) is 0 Å². The van der Waals surface area contributed by atoms with Gasteiger partial charge in [-0.1, -0.05) is 29.4 Å². The number of benzene rings is 1. The van der Waals surface area contributed by atoms with Gasteiger partial charge in [0.05, 0.1) is 6.54 Å². The summed E-state index contributed by atoms with van der Waals surface area (Å²) in [5.74, 6) is 0.204. The number of rotatable bonds is 3. The largest absolute Gasteiger partial charge is 0.365 e. The van der Waals surface area contributed by atoms with Crippen LogP contribution < -0.4 is 5.73 Å². The van der Waals surface area contributed by atoms with Crippen LogP contribution in [0.3, 0.4) is 0 Å². The topological polar surface area (TPSA) is 86.7 Å². The number of nitrogens with zero attached hydrogens (tertiary/aromatic N) is 4. The summed E-state index contributed by atoms with van der Waals surface area (Å²) in [5.41, 5.74) is 7.02. The minimum absolute atomic E-state index is 0.0506. The molecule has 82 valence electrons. The molecule has 0 spiro atoms. The first-order valence-electron chi connectivity index (χ1n) is 4.78. The van der Waals surface area contributed by atoms with E-state index in [9.17, 15) is 4.79 Å². The number of carbonyl (C=O) groups excluding carboxylic acids is 1. The summed E-state index contributed by atoms with van der Waals surface area (Å²) in [7, 11) is 0. The van der Waals surface area contributed by atoms with Gasteiger partial charge in [0.1, 0.15) is 0 Å². The molecule has 6 nitrogen and oxygen atoms in total. The Kier molecular flexibility index (Phi) is 2.63. The molecule has 2 N–H and O–H groups in total. The van der Waals surface area contributed by atoms with Crippen molar-refractivity contribution >= 4 is 11.7 Å². The Morgan fingerprint density at radius 2 is 2.06 bits per heavy atom. The highest BCUT2D eigenvalue weighted by Crippen LogP contribution is 2.06. The molecule has 2 rings (SSSR count). The molecule has 6 heteroatoms. The highest BCUT2D eigenvalue weighted by Gasteiger charge is 2.01. The minimum Gasteiger partial charge on any atom is -0.365 e. The summed E-state index contributed by atoms with van der Waals surface area (Å²) in [6, 6.07) is 7.27. The van der Waals surface area contributed by atoms with Crippen LogP contribution in [0.1, 0.15) is 22.8 Å². The van der Waals surface area contributed by atoms with Gasteiger partial charge in [-0.2, -0.15) is 4.80 Å². The van der Waals surface area contributed by atoms with E-state index in [4.69, 9.17) is 5.73 Å². The second-order valence-corrected chi connectivity index (χ2v) is 3.43. The molecule has 2 aromatic rings. The fourth-order valence-corrected chi connectivity index (χ4v) is 1.33. The monoisotopic (exact) mass is 217 g/mol. The second-order valence-electron chi connectivity index (χ2n) is 3.43. The fraction of sp³-hybridized carbons (Fsp3) is 0.200. The fourth-order valence-electron chi connectivity index (χ4n) is 1.33. The molecule has 0 amide bonds. The number of tetrazole rings is 1. The zero-order valence-corrected chi connectivity index (χ0v) is 8.79. The maximum absolute atomic E-state index is 11.1. The Balaban J connectivity index is 2.14. The van der Waals surface area contributed by atoms with Crippen LogP contribution in [-0.4, -0.2) is 26.0 Å². The maximum atomic E-state index is 11.1. The predicted molar refractivity (Wildman–Crippen MR) is 57.8 cm³/mol. The van der Waals surface area contributed by atoms with Crippen LogP contribution in [0.4, 0.5) is 5.95 Å². The van der Waals surface area contributed by atoms with Crippen molar-refractivity contribution in [3.05, 3.63) is 35.4 Å². The average Bonchev–Trinajstić information content (AvgIpc) is 2.65. The molecule has 0 bridgehead atoms. The molecular weight excluding hydrogens is 206 g/mol. The smallest absolute Gasteiger partial charge is 0.260 e. The van der Waals surface area contributed by atoms with Crippen LogP contribution in [0, 0.1) is 0 Å². The molecule has 1 aromatic heterocycles. The van der Waals surface area contributed by atoms with E-state index in [0.29, 0.717) is 12.1 Å². The summed E-state index contributed by atoms with van der Waals surface area (Å²) < 4.78 is 0. The Labute approximate surface area is 92.1 Å². The lowest BCUT2D eigenvalue weighted by atomic mass is 10.1. The normalized spacial score (nSPS) is 10.3. The molecule has 0 aliphatic carbocycles. The summed E-state index contributed by atoms with van der Waals surface area (Å²) >= 11 is 0. The van der Waals surface area contributed by atoms with Crippen LogP contribution in [-0.2, 0) is 6.54 Å². The van der Waals surface area contributed by atoms with Gasteiger partial charge in [-0.25, -0.2) is 0 Å². The number of ketones is 1. The van der Waals surface area contributed by atoms with Gasteiger partial charge in [0.25, 0.3) is 5.95 Å². The lowest BCUT2D eigenvalue weighted by Gasteiger charge is -2.00. The van der Waals surface area contributed by atoms with Crippen molar-refractivity contribution in [2.75, 3.05) is 5.73 Å². The van der Waals surface area contributed by atoms with E-state index < -0.39 is 0 Å². The van der Waals surface area contributed by atoms with Crippen molar-refractivity contribution in [2.45, 2.75) is 13.5 Å². The summed E-state index contributed by atoms with van der Waals surface area (Å²) in [6.07, 6.45) is 0. The molecule has 0 aliphatic rings. The highest BCUT2D eigenvalue weighted by molar-refractivity contribution is 5.93. The third-order valence-electron chi connectivity index (χ3n) is 2.15. The van der Waals surface area contributed by atoms with Crippen LogP contribution >= 0.6 is 0 Å². The van der Waals surface area contributed by atoms with Crippen LogP contribution in [0.5, 0.6) is 0 Å². The summed E-state index contributed by atoms with van der Waals surface area (Å²) in [4.78, 5) is 12.5. The first kappa shape index (κ1) is 10.3. The molecular formula is C10H11N5O. The summed E-state index contributed by atoms with van der Waals surface area (Å²) in [6.45, 7) is 2.02. The number of hydrogen-bond donors (Lipinski definition) is 1. The third-order valence-corrected chi connectivity index (χ3v) is 2.15. The SMILES string of the molecule is CC(=O)c1ccc(Cn2nnc(N)n2)cc1. The first-order chi connectivity index (χ1) is 7.65. The molecule has 1 heterocycles. The Morgan fingerprint density at radius 3 is 2.56 bits per heavy atom. The van der Waals surface area contributed by atoms with Crippen molar-refractivity contribution in [3.8, 4) is 0 Å².